The first kappa shape index (κ1) is 9.77. The lowest BCUT2D eigenvalue weighted by molar-refractivity contribution is 0.112. The molecule has 5 nitrogen and oxygen atoms in total. The van der Waals surface area contributed by atoms with Crippen LogP contribution in [0.4, 0.5) is 0 Å². The van der Waals surface area contributed by atoms with Crippen LogP contribution in [0.25, 0.3) is 17.2 Å². The average molecular weight is 227 g/mol. The van der Waals surface area contributed by atoms with Crippen molar-refractivity contribution in [1.82, 2.24) is 14.6 Å². The van der Waals surface area contributed by atoms with E-state index in [1.165, 1.54) is 0 Å². The molecule has 0 radical (unpaired) electrons. The van der Waals surface area contributed by atoms with Crippen molar-refractivity contribution in [2.24, 2.45) is 0 Å². The zero-order valence-corrected chi connectivity index (χ0v) is 9.12. The van der Waals surface area contributed by atoms with Crippen molar-refractivity contribution in [2.75, 3.05) is 0 Å². The predicted octanol–water partition coefficient (Wildman–Crippen LogP) is 2.11. The summed E-state index contributed by atoms with van der Waals surface area (Å²) in [6.07, 6.45) is 2.51. The molecule has 0 aliphatic heterocycles. The highest BCUT2D eigenvalue weighted by molar-refractivity contribution is 5.84. The minimum absolute atomic E-state index is 0.479. The molecule has 3 rings (SSSR count). The maximum absolute atomic E-state index is 10.9. The van der Waals surface area contributed by atoms with E-state index in [2.05, 4.69) is 10.1 Å². The van der Waals surface area contributed by atoms with E-state index in [1.54, 1.807) is 22.8 Å². The Hall–Kier alpha value is -2.43. The van der Waals surface area contributed by atoms with Gasteiger partial charge in [0.05, 0.1) is 5.56 Å². The smallest absolute Gasteiger partial charge is 0.217 e. The van der Waals surface area contributed by atoms with Crippen LogP contribution in [0.15, 0.2) is 34.9 Å². The number of aromatic nitrogens is 3. The van der Waals surface area contributed by atoms with Gasteiger partial charge in [0.2, 0.25) is 5.82 Å². The summed E-state index contributed by atoms with van der Waals surface area (Å²) in [5.41, 5.74) is 1.04. The topological polar surface area (TPSA) is 60.4 Å². The van der Waals surface area contributed by atoms with Crippen molar-refractivity contribution in [3.05, 3.63) is 41.8 Å². The van der Waals surface area contributed by atoms with E-state index in [4.69, 9.17) is 4.42 Å². The molecule has 0 fully saturated rings. The van der Waals surface area contributed by atoms with Gasteiger partial charge < -0.3 is 4.42 Å². The van der Waals surface area contributed by atoms with E-state index in [0.29, 0.717) is 22.8 Å². The number of aldehydes is 1. The summed E-state index contributed by atoms with van der Waals surface area (Å²) in [6.45, 7) is 1.86. The summed E-state index contributed by atoms with van der Waals surface area (Å²) < 4.78 is 7.01. The SMILES string of the molecule is Cc1ccc(-c2nc3c(C=O)cccn3n2)o1. The Bertz CT molecular complexity index is 697. The van der Waals surface area contributed by atoms with Crippen LogP contribution >= 0.6 is 0 Å². The summed E-state index contributed by atoms with van der Waals surface area (Å²) in [5, 5.41) is 4.26. The van der Waals surface area contributed by atoms with Crippen molar-refractivity contribution in [2.45, 2.75) is 6.92 Å². The Morgan fingerprint density at radius 2 is 2.24 bits per heavy atom. The molecule has 5 heteroatoms. The van der Waals surface area contributed by atoms with Crippen molar-refractivity contribution >= 4 is 11.9 Å². The minimum atomic E-state index is 0.479. The predicted molar refractivity (Wildman–Crippen MR) is 60.8 cm³/mol. The molecule has 0 unspecified atom stereocenters. The molecule has 0 aromatic carbocycles. The molecule has 17 heavy (non-hydrogen) atoms. The third-order valence-electron chi connectivity index (χ3n) is 2.48. The second-order valence-corrected chi connectivity index (χ2v) is 3.70. The van der Waals surface area contributed by atoms with E-state index in [-0.39, 0.29) is 0 Å². The molecular formula is C12H9N3O2. The number of carbonyl (C=O) groups is 1. The summed E-state index contributed by atoms with van der Waals surface area (Å²) in [4.78, 5) is 15.2. The fraction of sp³-hybridized carbons (Fsp3) is 0.0833. The largest absolute Gasteiger partial charge is 0.458 e. The van der Waals surface area contributed by atoms with Gasteiger partial charge in [0.15, 0.2) is 17.7 Å². The maximum Gasteiger partial charge on any atom is 0.217 e. The van der Waals surface area contributed by atoms with Crippen LogP contribution < -0.4 is 0 Å². The Morgan fingerprint density at radius 3 is 2.94 bits per heavy atom. The zero-order chi connectivity index (χ0) is 11.8. The number of hydrogen-bond donors (Lipinski definition) is 0. The summed E-state index contributed by atoms with van der Waals surface area (Å²) in [5.74, 6) is 1.88. The number of nitrogens with zero attached hydrogens (tertiary/aromatic N) is 3. The van der Waals surface area contributed by atoms with Crippen LogP contribution in [0.3, 0.4) is 0 Å². The molecule has 0 aliphatic carbocycles. The Labute approximate surface area is 96.7 Å². The van der Waals surface area contributed by atoms with E-state index >= 15 is 0 Å². The number of furan rings is 1. The van der Waals surface area contributed by atoms with Crippen molar-refractivity contribution < 1.29 is 9.21 Å². The van der Waals surface area contributed by atoms with Crippen LogP contribution in [0.2, 0.25) is 0 Å². The highest BCUT2D eigenvalue weighted by atomic mass is 16.3. The summed E-state index contributed by atoms with van der Waals surface area (Å²) >= 11 is 0. The van der Waals surface area contributed by atoms with Crippen LogP contribution in [-0.4, -0.2) is 20.9 Å². The van der Waals surface area contributed by atoms with E-state index in [9.17, 15) is 4.79 Å². The zero-order valence-electron chi connectivity index (χ0n) is 9.12. The Balaban J connectivity index is 2.23. The number of rotatable bonds is 2. The van der Waals surface area contributed by atoms with Crippen molar-refractivity contribution in [1.29, 1.82) is 0 Å². The fourth-order valence-electron chi connectivity index (χ4n) is 1.68. The molecule has 0 amide bonds. The standard InChI is InChI=1S/C12H9N3O2/c1-8-4-5-10(17-8)11-13-12-9(7-16)3-2-6-15(12)14-11/h2-7H,1H3. The fourth-order valence-corrected chi connectivity index (χ4v) is 1.68. The lowest BCUT2D eigenvalue weighted by Gasteiger charge is -1.91. The number of carbonyl (C=O) groups excluding carboxylic acids is 1. The molecule has 0 bridgehead atoms. The second-order valence-electron chi connectivity index (χ2n) is 3.70. The second kappa shape index (κ2) is 3.55. The van der Waals surface area contributed by atoms with Gasteiger partial charge in [-0.1, -0.05) is 0 Å². The van der Waals surface area contributed by atoms with Gasteiger partial charge in [-0.15, -0.1) is 5.10 Å². The molecule has 3 heterocycles. The highest BCUT2D eigenvalue weighted by Gasteiger charge is 2.11. The monoisotopic (exact) mass is 227 g/mol. The summed E-state index contributed by atoms with van der Waals surface area (Å²) in [6, 6.07) is 7.11. The normalized spacial score (nSPS) is 10.9. The van der Waals surface area contributed by atoms with Gasteiger partial charge >= 0.3 is 0 Å². The van der Waals surface area contributed by atoms with Gasteiger partial charge in [0, 0.05) is 6.20 Å². The van der Waals surface area contributed by atoms with Crippen LogP contribution in [0.1, 0.15) is 16.1 Å². The number of pyridine rings is 1. The molecule has 0 N–H and O–H groups in total. The van der Waals surface area contributed by atoms with Gasteiger partial charge in [-0.3, -0.25) is 4.79 Å². The highest BCUT2D eigenvalue weighted by Crippen LogP contribution is 2.19. The third-order valence-corrected chi connectivity index (χ3v) is 2.48. The molecule has 84 valence electrons. The molecule has 3 aromatic heterocycles. The summed E-state index contributed by atoms with van der Waals surface area (Å²) in [7, 11) is 0. The number of fused-ring (bicyclic) bond motifs is 1. The first-order valence-corrected chi connectivity index (χ1v) is 5.15. The van der Waals surface area contributed by atoms with Crippen LogP contribution in [0, 0.1) is 6.92 Å². The molecule has 0 atom stereocenters. The number of aryl methyl sites for hydroxylation is 1. The van der Waals surface area contributed by atoms with Gasteiger partial charge in [-0.05, 0) is 31.2 Å². The van der Waals surface area contributed by atoms with Gasteiger partial charge in [0.25, 0.3) is 0 Å². The minimum Gasteiger partial charge on any atom is -0.458 e. The van der Waals surface area contributed by atoms with E-state index in [0.717, 1.165) is 12.0 Å². The molecule has 0 saturated carbocycles. The van der Waals surface area contributed by atoms with Crippen LogP contribution in [-0.2, 0) is 0 Å². The molecule has 0 aliphatic rings. The van der Waals surface area contributed by atoms with Crippen molar-refractivity contribution in [3.8, 4) is 11.6 Å². The lowest BCUT2D eigenvalue weighted by Crippen LogP contribution is -1.90. The maximum atomic E-state index is 10.9. The first-order valence-electron chi connectivity index (χ1n) is 5.15. The van der Waals surface area contributed by atoms with Crippen molar-refractivity contribution in [3.63, 3.8) is 0 Å². The van der Waals surface area contributed by atoms with E-state index in [1.807, 2.05) is 19.1 Å². The third kappa shape index (κ3) is 1.52. The Kier molecular flexibility index (Phi) is 2.04. The molecule has 3 aromatic rings. The quantitative estimate of drug-likeness (QED) is 0.629. The van der Waals surface area contributed by atoms with Gasteiger partial charge in [-0.2, -0.15) is 0 Å². The molecule has 0 spiro atoms. The van der Waals surface area contributed by atoms with E-state index < -0.39 is 0 Å². The lowest BCUT2D eigenvalue weighted by atomic mass is 10.3. The number of hydrogen-bond acceptors (Lipinski definition) is 4. The van der Waals surface area contributed by atoms with Gasteiger partial charge in [-0.25, -0.2) is 9.50 Å². The first-order chi connectivity index (χ1) is 8.28. The average Bonchev–Trinajstić information content (AvgIpc) is 2.93. The Morgan fingerprint density at radius 1 is 1.35 bits per heavy atom. The molecular weight excluding hydrogens is 218 g/mol. The molecule has 0 saturated heterocycles. The van der Waals surface area contributed by atoms with Gasteiger partial charge in [0.1, 0.15) is 5.76 Å². The van der Waals surface area contributed by atoms with Crippen LogP contribution in [0.5, 0.6) is 0 Å².